The zero-order valence-electron chi connectivity index (χ0n) is 17.2. The van der Waals surface area contributed by atoms with Crippen molar-refractivity contribution in [1.82, 2.24) is 14.7 Å². The fourth-order valence-corrected chi connectivity index (χ4v) is 3.57. The van der Waals surface area contributed by atoms with Crippen LogP contribution in [0.5, 0.6) is 5.75 Å². The Morgan fingerprint density at radius 2 is 1.94 bits per heavy atom. The van der Waals surface area contributed by atoms with Gasteiger partial charge in [0.2, 0.25) is 11.8 Å². The predicted molar refractivity (Wildman–Crippen MR) is 107 cm³/mol. The van der Waals surface area contributed by atoms with Gasteiger partial charge in [0, 0.05) is 38.2 Å². The van der Waals surface area contributed by atoms with Crippen LogP contribution in [-0.4, -0.2) is 45.9 Å². The summed E-state index contributed by atoms with van der Waals surface area (Å²) in [5.74, 6) is -0.731. The molecular formula is C21H25F3N4O3. The average molecular weight is 438 g/mol. The molecule has 0 spiro atoms. The Kier molecular flexibility index (Phi) is 7.19. The average Bonchev–Trinajstić information content (AvgIpc) is 3.19. The van der Waals surface area contributed by atoms with E-state index in [1.54, 1.807) is 28.0 Å². The normalized spacial score (nSPS) is 15.0. The largest absolute Gasteiger partial charge is 0.573 e. The maximum absolute atomic E-state index is 12.5. The van der Waals surface area contributed by atoms with Crippen LogP contribution < -0.4 is 10.1 Å². The van der Waals surface area contributed by atoms with Crippen molar-refractivity contribution in [1.29, 1.82) is 0 Å². The standard InChI is InChI=1S/C21H25F3N4O3/c1-2-28-14-17(13-25-28)26-20(30)16-9-11-27(12-10-16)19(29)8-7-15-5-3-4-6-18(15)31-21(22,23)24/h3-6,13-14,16H,2,7-12H2,1H3,(H,26,30). The van der Waals surface area contributed by atoms with Crippen LogP contribution >= 0.6 is 0 Å². The first-order chi connectivity index (χ1) is 14.7. The lowest BCUT2D eigenvalue weighted by atomic mass is 9.95. The molecular weight excluding hydrogens is 413 g/mol. The topological polar surface area (TPSA) is 76.5 Å². The highest BCUT2D eigenvalue weighted by molar-refractivity contribution is 5.92. The van der Waals surface area contributed by atoms with Crippen LogP contribution in [0, 0.1) is 5.92 Å². The molecule has 2 heterocycles. The number of hydrogen-bond donors (Lipinski definition) is 1. The Morgan fingerprint density at radius 1 is 1.23 bits per heavy atom. The van der Waals surface area contributed by atoms with Crippen molar-refractivity contribution in [3.63, 3.8) is 0 Å². The Morgan fingerprint density at radius 3 is 2.58 bits per heavy atom. The molecule has 3 rings (SSSR count). The number of alkyl halides is 3. The molecule has 31 heavy (non-hydrogen) atoms. The monoisotopic (exact) mass is 438 g/mol. The fourth-order valence-electron chi connectivity index (χ4n) is 3.57. The number of piperidine rings is 1. The number of carbonyl (C=O) groups is 2. The van der Waals surface area contributed by atoms with Crippen LogP contribution in [0.25, 0.3) is 0 Å². The summed E-state index contributed by atoms with van der Waals surface area (Å²) in [5.41, 5.74) is 0.972. The minimum atomic E-state index is -4.78. The van der Waals surface area contributed by atoms with Gasteiger partial charge in [0.25, 0.3) is 0 Å². The molecule has 2 aromatic rings. The minimum Gasteiger partial charge on any atom is -0.406 e. The zero-order valence-corrected chi connectivity index (χ0v) is 17.2. The van der Waals surface area contributed by atoms with E-state index in [4.69, 9.17) is 0 Å². The SMILES string of the molecule is CCn1cc(NC(=O)C2CCN(C(=O)CCc3ccccc3OC(F)(F)F)CC2)cn1. The second-order valence-electron chi connectivity index (χ2n) is 7.38. The van der Waals surface area contributed by atoms with Gasteiger partial charge in [-0.25, -0.2) is 0 Å². The van der Waals surface area contributed by atoms with Crippen LogP contribution in [0.3, 0.4) is 0 Å². The van der Waals surface area contributed by atoms with Crippen molar-refractivity contribution in [2.24, 2.45) is 5.92 Å². The van der Waals surface area contributed by atoms with Crippen molar-refractivity contribution in [3.8, 4) is 5.75 Å². The quantitative estimate of drug-likeness (QED) is 0.717. The summed E-state index contributed by atoms with van der Waals surface area (Å²) >= 11 is 0. The molecule has 1 aromatic carbocycles. The first kappa shape index (κ1) is 22.6. The van der Waals surface area contributed by atoms with E-state index in [1.807, 2.05) is 6.92 Å². The van der Waals surface area contributed by atoms with E-state index in [0.717, 1.165) is 0 Å². The van der Waals surface area contributed by atoms with Gasteiger partial charge in [0.15, 0.2) is 0 Å². The Hall–Kier alpha value is -3.04. The molecule has 0 bridgehead atoms. The second-order valence-corrected chi connectivity index (χ2v) is 7.38. The summed E-state index contributed by atoms with van der Waals surface area (Å²) in [6.07, 6.45) is -0.131. The predicted octanol–water partition coefficient (Wildman–Crippen LogP) is 3.61. The van der Waals surface area contributed by atoms with E-state index in [9.17, 15) is 22.8 Å². The molecule has 1 saturated heterocycles. The summed E-state index contributed by atoms with van der Waals surface area (Å²) < 4.78 is 43.4. The smallest absolute Gasteiger partial charge is 0.406 e. The number of halogens is 3. The number of carbonyl (C=O) groups excluding carboxylic acids is 2. The number of anilines is 1. The van der Waals surface area contributed by atoms with Crippen molar-refractivity contribution in [3.05, 3.63) is 42.2 Å². The van der Waals surface area contributed by atoms with Gasteiger partial charge in [-0.3, -0.25) is 14.3 Å². The van der Waals surface area contributed by atoms with Crippen LogP contribution in [0.15, 0.2) is 36.7 Å². The lowest BCUT2D eigenvalue weighted by Crippen LogP contribution is -2.41. The first-order valence-corrected chi connectivity index (χ1v) is 10.2. The van der Waals surface area contributed by atoms with Gasteiger partial charge in [-0.15, -0.1) is 13.2 Å². The maximum atomic E-state index is 12.5. The Balaban J connectivity index is 1.47. The van der Waals surface area contributed by atoms with Crippen molar-refractivity contribution in [2.45, 2.75) is 45.5 Å². The van der Waals surface area contributed by atoms with Crippen molar-refractivity contribution >= 4 is 17.5 Å². The zero-order chi connectivity index (χ0) is 22.4. The van der Waals surface area contributed by atoms with Gasteiger partial charge >= 0.3 is 6.36 Å². The highest BCUT2D eigenvalue weighted by atomic mass is 19.4. The third-order valence-corrected chi connectivity index (χ3v) is 5.25. The third kappa shape index (κ3) is 6.47. The van der Waals surface area contributed by atoms with E-state index in [1.165, 1.54) is 18.2 Å². The summed E-state index contributed by atoms with van der Waals surface area (Å²) in [6.45, 7) is 3.54. The molecule has 168 valence electrons. The third-order valence-electron chi connectivity index (χ3n) is 5.25. The van der Waals surface area contributed by atoms with Gasteiger partial charge < -0.3 is 15.0 Å². The molecule has 1 fully saturated rings. The number of ether oxygens (including phenoxy) is 1. The fraction of sp³-hybridized carbons (Fsp3) is 0.476. The summed E-state index contributed by atoms with van der Waals surface area (Å²) in [5, 5.41) is 6.97. The lowest BCUT2D eigenvalue weighted by Gasteiger charge is -2.31. The summed E-state index contributed by atoms with van der Waals surface area (Å²) in [6, 6.07) is 5.82. The number of para-hydroxylation sites is 1. The van der Waals surface area contributed by atoms with E-state index in [-0.39, 0.29) is 36.3 Å². The van der Waals surface area contributed by atoms with Crippen LogP contribution in [0.4, 0.5) is 18.9 Å². The van der Waals surface area contributed by atoms with Crippen molar-refractivity contribution < 1.29 is 27.5 Å². The summed E-state index contributed by atoms with van der Waals surface area (Å²) in [7, 11) is 0. The van der Waals surface area contributed by atoms with Crippen LogP contribution in [0.2, 0.25) is 0 Å². The number of nitrogens with one attached hydrogen (secondary N) is 1. The van der Waals surface area contributed by atoms with E-state index in [2.05, 4.69) is 15.2 Å². The Labute approximate surface area is 178 Å². The lowest BCUT2D eigenvalue weighted by molar-refractivity contribution is -0.274. The van der Waals surface area contributed by atoms with Crippen molar-refractivity contribution in [2.75, 3.05) is 18.4 Å². The number of benzene rings is 1. The molecule has 0 radical (unpaired) electrons. The van der Waals surface area contributed by atoms with Crippen LogP contribution in [0.1, 0.15) is 31.7 Å². The minimum absolute atomic E-state index is 0.0747. The molecule has 2 amide bonds. The van der Waals surface area contributed by atoms with Gasteiger partial charge in [0.1, 0.15) is 5.75 Å². The second kappa shape index (κ2) is 9.84. The number of amides is 2. The maximum Gasteiger partial charge on any atom is 0.573 e. The molecule has 1 aliphatic heterocycles. The molecule has 0 aliphatic carbocycles. The molecule has 1 N–H and O–H groups in total. The number of aryl methyl sites for hydroxylation is 2. The highest BCUT2D eigenvalue weighted by Crippen LogP contribution is 2.27. The number of nitrogens with zero attached hydrogens (tertiary/aromatic N) is 3. The van der Waals surface area contributed by atoms with E-state index >= 15 is 0 Å². The number of aromatic nitrogens is 2. The van der Waals surface area contributed by atoms with Gasteiger partial charge in [-0.05, 0) is 37.8 Å². The van der Waals surface area contributed by atoms with Crippen LogP contribution in [-0.2, 0) is 22.6 Å². The van der Waals surface area contributed by atoms with Gasteiger partial charge in [-0.1, -0.05) is 18.2 Å². The van der Waals surface area contributed by atoms with E-state index < -0.39 is 6.36 Å². The molecule has 0 saturated carbocycles. The van der Waals surface area contributed by atoms with Gasteiger partial charge in [-0.2, -0.15) is 5.10 Å². The Bertz CT molecular complexity index is 905. The number of rotatable bonds is 7. The molecule has 7 nitrogen and oxygen atoms in total. The highest BCUT2D eigenvalue weighted by Gasteiger charge is 2.32. The summed E-state index contributed by atoms with van der Waals surface area (Å²) in [4.78, 5) is 26.6. The van der Waals surface area contributed by atoms with Gasteiger partial charge in [0.05, 0.1) is 11.9 Å². The molecule has 1 aliphatic rings. The first-order valence-electron chi connectivity index (χ1n) is 10.2. The molecule has 1 aromatic heterocycles. The number of hydrogen-bond acceptors (Lipinski definition) is 4. The number of likely N-dealkylation sites (tertiary alicyclic amines) is 1. The van der Waals surface area contributed by atoms with E-state index in [0.29, 0.717) is 43.7 Å². The molecule has 10 heteroatoms. The molecule has 0 atom stereocenters. The molecule has 0 unspecified atom stereocenters.